The van der Waals surface area contributed by atoms with Crippen molar-refractivity contribution in [1.82, 2.24) is 24.6 Å². The molecule has 0 aliphatic heterocycles. The fourth-order valence-electron chi connectivity index (χ4n) is 2.21. The van der Waals surface area contributed by atoms with Crippen molar-refractivity contribution in [3.8, 4) is 0 Å². The van der Waals surface area contributed by atoms with E-state index in [0.29, 0.717) is 13.0 Å². The fraction of sp³-hybridized carbons (Fsp3) is 0.583. The normalized spacial score (nSPS) is 12.9. The average Bonchev–Trinajstić information content (AvgIpc) is 2.86. The minimum atomic E-state index is -0.212. The summed E-state index contributed by atoms with van der Waals surface area (Å²) in [6.07, 6.45) is 0.392. The van der Waals surface area contributed by atoms with Gasteiger partial charge in [-0.05, 0) is 13.8 Å². The maximum absolute atomic E-state index is 11.4. The molecule has 1 atom stereocenters. The predicted molar refractivity (Wildman–Crippen MR) is 74.2 cm³/mol. The molecule has 1 N–H and O–H groups in total. The summed E-state index contributed by atoms with van der Waals surface area (Å²) in [7, 11) is 3.50. The zero-order valence-electron chi connectivity index (χ0n) is 11.6. The van der Waals surface area contributed by atoms with Gasteiger partial charge in [0.15, 0.2) is 5.65 Å². The van der Waals surface area contributed by atoms with Crippen LogP contribution in [0.25, 0.3) is 11.2 Å². The van der Waals surface area contributed by atoms with Crippen molar-refractivity contribution in [3.63, 3.8) is 0 Å². The van der Waals surface area contributed by atoms with Crippen molar-refractivity contribution < 1.29 is 4.79 Å². The summed E-state index contributed by atoms with van der Waals surface area (Å²) >= 11 is 6.18. The van der Waals surface area contributed by atoms with E-state index in [9.17, 15) is 4.79 Å². The summed E-state index contributed by atoms with van der Waals surface area (Å²) in [5.74, 6) is 0.769. The van der Waals surface area contributed by atoms with Gasteiger partial charge in [-0.25, -0.2) is 4.98 Å². The molecule has 0 aliphatic carbocycles. The Morgan fingerprint density at radius 3 is 2.79 bits per heavy atom. The molecule has 2 aromatic heterocycles. The molecule has 0 bridgehead atoms. The molecule has 0 aromatic carbocycles. The lowest BCUT2D eigenvalue weighted by Gasteiger charge is -2.10. The molecular formula is C12H18ClN5O. The molecular weight excluding hydrogens is 266 g/mol. The zero-order chi connectivity index (χ0) is 14.2. The quantitative estimate of drug-likeness (QED) is 0.865. The molecule has 6 nitrogen and oxygen atoms in total. The van der Waals surface area contributed by atoms with Crippen molar-refractivity contribution in [2.24, 2.45) is 7.05 Å². The summed E-state index contributed by atoms with van der Waals surface area (Å²) in [6.45, 7) is 4.34. The molecule has 0 fully saturated rings. The largest absolute Gasteiger partial charge is 0.359 e. The number of alkyl halides is 1. The Morgan fingerprint density at radius 1 is 1.53 bits per heavy atom. The molecule has 0 saturated carbocycles. The van der Waals surface area contributed by atoms with Crippen LogP contribution >= 0.6 is 11.6 Å². The highest BCUT2D eigenvalue weighted by molar-refractivity contribution is 6.20. The van der Waals surface area contributed by atoms with Gasteiger partial charge in [0.2, 0.25) is 5.91 Å². The van der Waals surface area contributed by atoms with Gasteiger partial charge in [-0.15, -0.1) is 11.6 Å². The molecule has 7 heteroatoms. The number of fused-ring (bicyclic) bond motifs is 1. The molecule has 2 aromatic rings. The fourth-order valence-corrected chi connectivity index (χ4v) is 2.38. The highest BCUT2D eigenvalue weighted by Crippen LogP contribution is 2.26. The van der Waals surface area contributed by atoms with Gasteiger partial charge in [-0.2, -0.15) is 5.10 Å². The van der Waals surface area contributed by atoms with Gasteiger partial charge in [0.05, 0.1) is 11.1 Å². The molecule has 2 heterocycles. The first kappa shape index (κ1) is 13.9. The Kier molecular flexibility index (Phi) is 3.80. The van der Waals surface area contributed by atoms with Crippen LogP contribution in [-0.2, 0) is 18.4 Å². The Labute approximate surface area is 116 Å². The van der Waals surface area contributed by atoms with Crippen molar-refractivity contribution in [3.05, 3.63) is 11.5 Å². The number of halogens is 1. The number of aromatic nitrogens is 4. The first-order valence-corrected chi connectivity index (χ1v) is 6.63. The standard InChI is InChI=1S/C12H18ClN5O/c1-7(13)11-15-10-8(2)16-17(4)12(10)18(11)6-5-9(19)14-3/h7H,5-6H2,1-4H3,(H,14,19). The lowest BCUT2D eigenvalue weighted by Crippen LogP contribution is -2.20. The van der Waals surface area contributed by atoms with Gasteiger partial charge in [0.25, 0.3) is 0 Å². The monoisotopic (exact) mass is 283 g/mol. The van der Waals surface area contributed by atoms with Crippen molar-refractivity contribution in [2.45, 2.75) is 32.2 Å². The van der Waals surface area contributed by atoms with Crippen LogP contribution in [0.5, 0.6) is 0 Å². The van der Waals surface area contributed by atoms with E-state index in [-0.39, 0.29) is 11.3 Å². The SMILES string of the molecule is CNC(=O)CCn1c(C(C)Cl)nc2c(C)nn(C)c21. The molecule has 0 radical (unpaired) electrons. The Balaban J connectivity index is 2.48. The molecule has 0 aliphatic rings. The molecule has 19 heavy (non-hydrogen) atoms. The van der Waals surface area contributed by atoms with E-state index in [0.717, 1.165) is 22.7 Å². The second kappa shape index (κ2) is 5.21. The summed E-state index contributed by atoms with van der Waals surface area (Å²) in [5, 5.41) is 6.75. The molecule has 1 unspecified atom stereocenters. The Hall–Kier alpha value is -1.56. The lowest BCUT2D eigenvalue weighted by molar-refractivity contribution is -0.120. The van der Waals surface area contributed by atoms with Gasteiger partial charge in [0, 0.05) is 27.1 Å². The van der Waals surface area contributed by atoms with E-state index in [1.54, 1.807) is 11.7 Å². The van der Waals surface area contributed by atoms with Crippen LogP contribution < -0.4 is 5.32 Å². The van der Waals surface area contributed by atoms with Crippen LogP contribution in [0.4, 0.5) is 0 Å². The minimum Gasteiger partial charge on any atom is -0.359 e. The maximum atomic E-state index is 11.4. The summed E-state index contributed by atoms with van der Waals surface area (Å²) < 4.78 is 3.76. The number of aryl methyl sites for hydroxylation is 3. The smallest absolute Gasteiger partial charge is 0.221 e. The van der Waals surface area contributed by atoms with Gasteiger partial charge in [0.1, 0.15) is 11.3 Å². The summed E-state index contributed by atoms with van der Waals surface area (Å²) in [6, 6.07) is 0. The van der Waals surface area contributed by atoms with Crippen LogP contribution in [0.3, 0.4) is 0 Å². The average molecular weight is 284 g/mol. The first-order valence-electron chi connectivity index (χ1n) is 6.20. The highest BCUT2D eigenvalue weighted by atomic mass is 35.5. The van der Waals surface area contributed by atoms with Crippen LogP contribution in [0.15, 0.2) is 0 Å². The van der Waals surface area contributed by atoms with Gasteiger partial charge in [-0.1, -0.05) is 0 Å². The minimum absolute atomic E-state index is 0.00563. The van der Waals surface area contributed by atoms with E-state index in [1.165, 1.54) is 0 Å². The van der Waals surface area contributed by atoms with E-state index in [1.807, 2.05) is 25.5 Å². The zero-order valence-corrected chi connectivity index (χ0v) is 12.3. The number of nitrogens with one attached hydrogen (secondary N) is 1. The van der Waals surface area contributed by atoms with Gasteiger partial charge in [-0.3, -0.25) is 9.48 Å². The number of imidazole rings is 1. The van der Waals surface area contributed by atoms with Crippen LogP contribution in [-0.4, -0.2) is 32.3 Å². The van der Waals surface area contributed by atoms with Crippen molar-refractivity contribution >= 4 is 28.7 Å². The molecule has 0 saturated heterocycles. The van der Waals surface area contributed by atoms with Crippen molar-refractivity contribution in [1.29, 1.82) is 0 Å². The highest BCUT2D eigenvalue weighted by Gasteiger charge is 2.20. The van der Waals surface area contributed by atoms with Crippen molar-refractivity contribution in [2.75, 3.05) is 7.05 Å². The number of rotatable bonds is 4. The van der Waals surface area contributed by atoms with E-state index < -0.39 is 0 Å². The summed E-state index contributed by atoms with van der Waals surface area (Å²) in [4.78, 5) is 16.0. The third-order valence-corrected chi connectivity index (χ3v) is 3.31. The first-order chi connectivity index (χ1) is 8.95. The summed E-state index contributed by atoms with van der Waals surface area (Å²) in [5.41, 5.74) is 2.63. The number of hydrogen-bond acceptors (Lipinski definition) is 3. The number of nitrogens with zero attached hydrogens (tertiary/aromatic N) is 4. The lowest BCUT2D eigenvalue weighted by atomic mass is 10.3. The number of amides is 1. The molecule has 1 amide bonds. The maximum Gasteiger partial charge on any atom is 0.221 e. The Morgan fingerprint density at radius 2 is 2.21 bits per heavy atom. The second-order valence-corrected chi connectivity index (χ2v) is 5.20. The van der Waals surface area contributed by atoms with Gasteiger partial charge < -0.3 is 9.88 Å². The third kappa shape index (κ3) is 2.45. The van der Waals surface area contributed by atoms with Gasteiger partial charge >= 0.3 is 0 Å². The second-order valence-electron chi connectivity index (χ2n) is 4.54. The van der Waals surface area contributed by atoms with Crippen LogP contribution in [0.1, 0.15) is 30.2 Å². The van der Waals surface area contributed by atoms with E-state index in [4.69, 9.17) is 11.6 Å². The third-order valence-electron chi connectivity index (χ3n) is 3.12. The molecule has 0 spiro atoms. The Bertz CT molecular complexity index is 613. The van der Waals surface area contributed by atoms with E-state index >= 15 is 0 Å². The number of hydrogen-bond donors (Lipinski definition) is 1. The van der Waals surface area contributed by atoms with E-state index in [2.05, 4.69) is 15.4 Å². The number of carbonyl (C=O) groups is 1. The van der Waals surface area contributed by atoms with Crippen LogP contribution in [0.2, 0.25) is 0 Å². The van der Waals surface area contributed by atoms with Crippen LogP contribution in [0, 0.1) is 6.92 Å². The molecule has 104 valence electrons. The molecule has 2 rings (SSSR count). The number of carbonyl (C=O) groups excluding carboxylic acids is 1. The predicted octanol–water partition coefficient (Wildman–Crippen LogP) is 1.51. The topological polar surface area (TPSA) is 64.7 Å².